The predicted molar refractivity (Wildman–Crippen MR) is 91.4 cm³/mol. The molecule has 0 amide bonds. The van der Waals surface area contributed by atoms with Crippen LogP contribution < -0.4 is 15.4 Å². The molecule has 0 aromatic heterocycles. The number of nitrogens with zero attached hydrogens (tertiary/aromatic N) is 1. The zero-order chi connectivity index (χ0) is 17.7. The van der Waals surface area contributed by atoms with Gasteiger partial charge in [0.05, 0.1) is 6.26 Å². The fraction of sp³-hybridized carbons (Fsp3) is 0.533. The van der Waals surface area contributed by atoms with Gasteiger partial charge in [0.15, 0.2) is 5.96 Å². The van der Waals surface area contributed by atoms with E-state index in [9.17, 15) is 12.8 Å². The third-order valence-electron chi connectivity index (χ3n) is 3.07. The monoisotopic (exact) mass is 344 g/mol. The van der Waals surface area contributed by atoms with Gasteiger partial charge in [-0.05, 0) is 38.0 Å². The molecule has 0 aliphatic rings. The summed E-state index contributed by atoms with van der Waals surface area (Å²) in [5.74, 6) is 0.306. The van der Waals surface area contributed by atoms with Crippen molar-refractivity contribution in [3.05, 3.63) is 35.1 Å². The minimum absolute atomic E-state index is 0.232. The van der Waals surface area contributed by atoms with Crippen LogP contribution in [0.4, 0.5) is 4.39 Å². The van der Waals surface area contributed by atoms with Crippen molar-refractivity contribution in [2.45, 2.75) is 32.9 Å². The van der Waals surface area contributed by atoms with Gasteiger partial charge in [-0.2, -0.15) is 0 Å². The lowest BCUT2D eigenvalue weighted by atomic mass is 10.1. The normalized spacial score (nSPS) is 13.0. The van der Waals surface area contributed by atoms with E-state index in [2.05, 4.69) is 20.3 Å². The number of hydrogen-bond donors (Lipinski definition) is 3. The van der Waals surface area contributed by atoms with Crippen molar-refractivity contribution in [1.82, 2.24) is 15.4 Å². The van der Waals surface area contributed by atoms with Crippen LogP contribution in [0.25, 0.3) is 0 Å². The SMILES string of the molecule is CN=C(NCc1ccc(F)c(C)c1)NCC(C)(C)NS(C)(=O)=O. The Morgan fingerprint density at radius 2 is 1.96 bits per heavy atom. The fourth-order valence-electron chi connectivity index (χ4n) is 2.07. The Morgan fingerprint density at radius 1 is 1.30 bits per heavy atom. The van der Waals surface area contributed by atoms with Crippen molar-refractivity contribution in [2.75, 3.05) is 19.8 Å². The molecule has 0 spiro atoms. The highest BCUT2D eigenvalue weighted by atomic mass is 32.2. The van der Waals surface area contributed by atoms with Crippen LogP contribution >= 0.6 is 0 Å². The molecule has 8 heteroatoms. The maximum absolute atomic E-state index is 13.2. The van der Waals surface area contributed by atoms with Crippen LogP contribution in [0.5, 0.6) is 0 Å². The lowest BCUT2D eigenvalue weighted by Gasteiger charge is -2.26. The zero-order valence-corrected chi connectivity index (χ0v) is 15.0. The van der Waals surface area contributed by atoms with Crippen LogP contribution in [0.3, 0.4) is 0 Å². The number of aryl methyl sites for hydroxylation is 1. The average molecular weight is 344 g/mol. The Balaban J connectivity index is 2.56. The largest absolute Gasteiger partial charge is 0.355 e. The van der Waals surface area contributed by atoms with Crippen LogP contribution in [0.15, 0.2) is 23.2 Å². The number of aliphatic imine (C=N–C) groups is 1. The number of sulfonamides is 1. The lowest BCUT2D eigenvalue weighted by Crippen LogP contribution is -2.52. The van der Waals surface area contributed by atoms with Gasteiger partial charge < -0.3 is 10.6 Å². The van der Waals surface area contributed by atoms with E-state index in [4.69, 9.17) is 0 Å². The third kappa shape index (κ3) is 7.43. The van der Waals surface area contributed by atoms with Crippen LogP contribution in [0, 0.1) is 12.7 Å². The van der Waals surface area contributed by atoms with E-state index in [1.165, 1.54) is 6.07 Å². The highest BCUT2D eigenvalue weighted by Gasteiger charge is 2.22. The Morgan fingerprint density at radius 3 is 2.48 bits per heavy atom. The van der Waals surface area contributed by atoms with Gasteiger partial charge >= 0.3 is 0 Å². The summed E-state index contributed by atoms with van der Waals surface area (Å²) < 4.78 is 38.4. The van der Waals surface area contributed by atoms with E-state index in [0.29, 0.717) is 24.6 Å². The number of nitrogens with one attached hydrogen (secondary N) is 3. The molecule has 23 heavy (non-hydrogen) atoms. The predicted octanol–water partition coefficient (Wildman–Crippen LogP) is 1.13. The third-order valence-corrected chi connectivity index (χ3v) is 3.99. The number of hydrogen-bond acceptors (Lipinski definition) is 3. The van der Waals surface area contributed by atoms with E-state index < -0.39 is 15.6 Å². The maximum Gasteiger partial charge on any atom is 0.209 e. The maximum atomic E-state index is 13.2. The minimum atomic E-state index is -3.29. The first kappa shape index (κ1) is 19.4. The van der Waals surface area contributed by atoms with Gasteiger partial charge in [-0.1, -0.05) is 12.1 Å². The molecular weight excluding hydrogens is 319 g/mol. The zero-order valence-electron chi connectivity index (χ0n) is 14.2. The second-order valence-electron chi connectivity index (χ2n) is 6.12. The van der Waals surface area contributed by atoms with Gasteiger partial charge in [-0.3, -0.25) is 4.99 Å². The molecule has 0 radical (unpaired) electrons. The van der Waals surface area contributed by atoms with Crippen LogP contribution in [0.1, 0.15) is 25.0 Å². The molecule has 6 nitrogen and oxygen atoms in total. The summed E-state index contributed by atoms with van der Waals surface area (Å²) in [4.78, 5) is 4.09. The van der Waals surface area contributed by atoms with Gasteiger partial charge in [0.1, 0.15) is 5.82 Å². The summed E-state index contributed by atoms with van der Waals surface area (Å²) in [5.41, 5.74) is 0.864. The fourth-order valence-corrected chi connectivity index (χ4v) is 3.14. The summed E-state index contributed by atoms with van der Waals surface area (Å²) in [5, 5.41) is 6.17. The molecule has 0 atom stereocenters. The van der Waals surface area contributed by atoms with Gasteiger partial charge in [0.2, 0.25) is 10.0 Å². The molecule has 0 bridgehead atoms. The van der Waals surface area contributed by atoms with E-state index in [1.54, 1.807) is 40.0 Å². The standard InChI is InChI=1S/C15H25FN4O2S/c1-11-8-12(6-7-13(11)16)9-18-14(17-4)19-10-15(2,3)20-23(5,21)22/h6-8,20H,9-10H2,1-5H3,(H2,17,18,19). The topological polar surface area (TPSA) is 82.6 Å². The van der Waals surface area contributed by atoms with Crippen molar-refractivity contribution in [1.29, 1.82) is 0 Å². The second-order valence-corrected chi connectivity index (χ2v) is 7.87. The molecule has 0 heterocycles. The van der Waals surface area contributed by atoms with E-state index >= 15 is 0 Å². The quantitative estimate of drug-likeness (QED) is 0.534. The van der Waals surface area contributed by atoms with Crippen molar-refractivity contribution in [2.24, 2.45) is 4.99 Å². The summed E-state index contributed by atoms with van der Waals surface area (Å²) in [7, 11) is -1.66. The Hall–Kier alpha value is -1.67. The molecule has 0 saturated heterocycles. The average Bonchev–Trinajstić information content (AvgIpc) is 2.40. The Labute approximate surface area is 137 Å². The van der Waals surface area contributed by atoms with Crippen molar-refractivity contribution >= 4 is 16.0 Å². The van der Waals surface area contributed by atoms with Crippen LogP contribution in [0.2, 0.25) is 0 Å². The molecular formula is C15H25FN4O2S. The molecule has 1 rings (SSSR count). The van der Waals surface area contributed by atoms with Crippen molar-refractivity contribution in [3.63, 3.8) is 0 Å². The molecule has 3 N–H and O–H groups in total. The van der Waals surface area contributed by atoms with Crippen molar-refractivity contribution in [3.8, 4) is 0 Å². The minimum Gasteiger partial charge on any atom is -0.355 e. The second kappa shape index (κ2) is 7.74. The number of benzene rings is 1. The van der Waals surface area contributed by atoms with Crippen LogP contribution in [-0.2, 0) is 16.6 Å². The van der Waals surface area contributed by atoms with E-state index in [-0.39, 0.29) is 5.82 Å². The van der Waals surface area contributed by atoms with E-state index in [1.807, 2.05) is 0 Å². The molecule has 1 aromatic rings. The molecule has 0 unspecified atom stereocenters. The van der Waals surface area contributed by atoms with Gasteiger partial charge in [-0.15, -0.1) is 0 Å². The number of rotatable bonds is 6. The molecule has 130 valence electrons. The summed E-state index contributed by atoms with van der Waals surface area (Å²) >= 11 is 0. The highest BCUT2D eigenvalue weighted by Crippen LogP contribution is 2.09. The first-order valence-corrected chi connectivity index (χ1v) is 9.10. The number of halogens is 1. The van der Waals surface area contributed by atoms with Gasteiger partial charge in [0, 0.05) is 25.7 Å². The molecule has 0 aliphatic heterocycles. The molecule has 0 aliphatic carbocycles. The van der Waals surface area contributed by atoms with Gasteiger partial charge in [0.25, 0.3) is 0 Å². The lowest BCUT2D eigenvalue weighted by molar-refractivity contribution is 0.446. The smallest absolute Gasteiger partial charge is 0.209 e. The first-order chi connectivity index (χ1) is 10.5. The van der Waals surface area contributed by atoms with E-state index in [0.717, 1.165) is 11.8 Å². The summed E-state index contributed by atoms with van der Waals surface area (Å²) in [6.07, 6.45) is 1.12. The number of guanidine groups is 1. The van der Waals surface area contributed by atoms with Gasteiger partial charge in [-0.25, -0.2) is 17.5 Å². The highest BCUT2D eigenvalue weighted by molar-refractivity contribution is 7.88. The van der Waals surface area contributed by atoms with Crippen LogP contribution in [-0.4, -0.2) is 39.8 Å². The Bertz CT molecular complexity index is 672. The molecule has 0 saturated carbocycles. The molecule has 1 aromatic carbocycles. The summed E-state index contributed by atoms with van der Waals surface area (Å²) in [6, 6.07) is 4.91. The first-order valence-electron chi connectivity index (χ1n) is 7.21. The Kier molecular flexibility index (Phi) is 6.52. The van der Waals surface area contributed by atoms with Crippen molar-refractivity contribution < 1.29 is 12.8 Å². The summed E-state index contributed by atoms with van der Waals surface area (Å²) in [6.45, 7) is 6.11. The molecule has 0 fully saturated rings.